The van der Waals surface area contributed by atoms with Gasteiger partial charge in [0.15, 0.2) is 4.34 Å². The van der Waals surface area contributed by atoms with Gasteiger partial charge in [-0.05, 0) is 6.92 Å². The van der Waals surface area contributed by atoms with Crippen LogP contribution in [-0.4, -0.2) is 48.0 Å². The number of nitrogens with one attached hydrogen (secondary N) is 2. The molecule has 100 valence electrons. The molecule has 0 fully saturated rings. The normalized spacial score (nSPS) is 9.89. The standard InChI is InChI=1S/C9H14N4O3S2/c1-3-10-8-12-13-9(18-8)17-5-6(14)11-4-7(15)16-2/h3-5H2,1-2H3,(H,10,12)(H,11,14). The lowest BCUT2D eigenvalue weighted by Gasteiger charge is -2.01. The molecule has 0 aromatic carbocycles. The number of anilines is 1. The molecule has 1 aromatic rings. The molecule has 0 atom stereocenters. The zero-order valence-electron chi connectivity index (χ0n) is 10.1. The molecule has 18 heavy (non-hydrogen) atoms. The maximum absolute atomic E-state index is 11.4. The van der Waals surface area contributed by atoms with E-state index in [1.54, 1.807) is 0 Å². The maximum atomic E-state index is 11.4. The molecule has 0 saturated carbocycles. The maximum Gasteiger partial charge on any atom is 0.325 e. The Morgan fingerprint density at radius 2 is 2.22 bits per heavy atom. The summed E-state index contributed by atoms with van der Waals surface area (Å²) in [6, 6.07) is 0. The van der Waals surface area contributed by atoms with Crippen LogP contribution in [-0.2, 0) is 14.3 Å². The first-order valence-electron chi connectivity index (χ1n) is 5.19. The highest BCUT2D eigenvalue weighted by Gasteiger charge is 2.09. The van der Waals surface area contributed by atoms with Crippen LogP contribution in [0.5, 0.6) is 0 Å². The molecule has 9 heteroatoms. The third kappa shape index (κ3) is 5.32. The van der Waals surface area contributed by atoms with E-state index in [2.05, 4.69) is 25.6 Å². The van der Waals surface area contributed by atoms with Gasteiger partial charge in [-0.25, -0.2) is 0 Å². The van der Waals surface area contributed by atoms with Crippen LogP contribution in [0, 0.1) is 0 Å². The zero-order chi connectivity index (χ0) is 13.4. The van der Waals surface area contributed by atoms with Gasteiger partial charge >= 0.3 is 5.97 Å². The number of nitrogens with zero attached hydrogens (tertiary/aromatic N) is 2. The highest BCUT2D eigenvalue weighted by Crippen LogP contribution is 2.24. The Labute approximate surface area is 113 Å². The molecule has 1 heterocycles. The summed E-state index contributed by atoms with van der Waals surface area (Å²) in [5, 5.41) is 14.0. The second-order valence-electron chi connectivity index (χ2n) is 3.04. The summed E-state index contributed by atoms with van der Waals surface area (Å²) in [5.41, 5.74) is 0. The average molecular weight is 290 g/mol. The smallest absolute Gasteiger partial charge is 0.325 e. The third-order valence-corrected chi connectivity index (χ3v) is 3.73. The molecular weight excluding hydrogens is 276 g/mol. The van der Waals surface area contributed by atoms with Crippen molar-refractivity contribution in [3.05, 3.63) is 0 Å². The van der Waals surface area contributed by atoms with Crippen LogP contribution >= 0.6 is 23.1 Å². The van der Waals surface area contributed by atoms with Gasteiger partial charge in [-0.1, -0.05) is 23.1 Å². The number of ether oxygens (including phenoxy) is 1. The van der Waals surface area contributed by atoms with Crippen molar-refractivity contribution in [2.24, 2.45) is 0 Å². The Morgan fingerprint density at radius 3 is 2.89 bits per heavy atom. The molecule has 0 aliphatic heterocycles. The number of rotatable bonds is 7. The molecule has 1 amide bonds. The SMILES string of the molecule is CCNc1nnc(SCC(=O)NCC(=O)OC)s1. The van der Waals surface area contributed by atoms with Crippen molar-refractivity contribution < 1.29 is 14.3 Å². The quantitative estimate of drug-likeness (QED) is 0.553. The Morgan fingerprint density at radius 1 is 1.44 bits per heavy atom. The molecule has 1 rings (SSSR count). The van der Waals surface area contributed by atoms with Gasteiger partial charge in [-0.3, -0.25) is 9.59 Å². The summed E-state index contributed by atoms with van der Waals surface area (Å²) in [6.45, 7) is 2.63. The van der Waals surface area contributed by atoms with Gasteiger partial charge < -0.3 is 15.4 Å². The second kappa shape index (κ2) is 7.88. The summed E-state index contributed by atoms with van der Waals surface area (Å²) >= 11 is 2.66. The van der Waals surface area contributed by atoms with Crippen LogP contribution in [0.3, 0.4) is 0 Å². The summed E-state index contributed by atoms with van der Waals surface area (Å²) in [7, 11) is 1.27. The first kappa shape index (κ1) is 14.7. The number of hydrogen-bond donors (Lipinski definition) is 2. The molecule has 7 nitrogen and oxygen atoms in total. The number of thioether (sulfide) groups is 1. The van der Waals surface area contributed by atoms with Gasteiger partial charge in [-0.15, -0.1) is 10.2 Å². The topological polar surface area (TPSA) is 93.2 Å². The summed E-state index contributed by atoms with van der Waals surface area (Å²) in [4.78, 5) is 22.2. The van der Waals surface area contributed by atoms with E-state index in [0.29, 0.717) is 4.34 Å². The van der Waals surface area contributed by atoms with Gasteiger partial charge in [0.2, 0.25) is 11.0 Å². The van der Waals surface area contributed by atoms with E-state index < -0.39 is 5.97 Å². The number of carbonyl (C=O) groups is 2. The fraction of sp³-hybridized carbons (Fsp3) is 0.556. The molecule has 0 aliphatic carbocycles. The van der Waals surface area contributed by atoms with Crippen molar-refractivity contribution in [1.82, 2.24) is 15.5 Å². The molecule has 0 unspecified atom stereocenters. The number of methoxy groups -OCH3 is 1. The minimum absolute atomic E-state index is 0.116. The van der Waals surface area contributed by atoms with Crippen LogP contribution in [0.1, 0.15) is 6.92 Å². The molecule has 0 spiro atoms. The Balaban J connectivity index is 2.26. The van der Waals surface area contributed by atoms with Crippen molar-refractivity contribution >= 4 is 40.1 Å². The number of amides is 1. The van der Waals surface area contributed by atoms with E-state index in [4.69, 9.17) is 0 Å². The van der Waals surface area contributed by atoms with Gasteiger partial charge in [0.1, 0.15) is 6.54 Å². The predicted octanol–water partition coefficient (Wildman–Crippen LogP) is 0.351. The van der Waals surface area contributed by atoms with E-state index in [0.717, 1.165) is 11.7 Å². The predicted molar refractivity (Wildman–Crippen MR) is 69.8 cm³/mol. The summed E-state index contributed by atoms with van der Waals surface area (Å²) in [6.07, 6.45) is 0. The zero-order valence-corrected chi connectivity index (χ0v) is 11.7. The van der Waals surface area contributed by atoms with Gasteiger partial charge in [0.25, 0.3) is 0 Å². The van der Waals surface area contributed by atoms with E-state index in [-0.39, 0.29) is 18.2 Å². The minimum Gasteiger partial charge on any atom is -0.468 e. The van der Waals surface area contributed by atoms with Crippen LogP contribution in [0.25, 0.3) is 0 Å². The van der Waals surface area contributed by atoms with Gasteiger partial charge in [-0.2, -0.15) is 0 Å². The Bertz CT molecular complexity index is 410. The molecule has 0 radical (unpaired) electrons. The van der Waals surface area contributed by atoms with Crippen LogP contribution in [0.15, 0.2) is 4.34 Å². The lowest BCUT2D eigenvalue weighted by Crippen LogP contribution is -2.31. The van der Waals surface area contributed by atoms with Crippen LogP contribution in [0.4, 0.5) is 5.13 Å². The average Bonchev–Trinajstić information content (AvgIpc) is 2.81. The lowest BCUT2D eigenvalue weighted by molar-refractivity contribution is -0.140. The lowest BCUT2D eigenvalue weighted by atomic mass is 10.6. The molecule has 0 bridgehead atoms. The van der Waals surface area contributed by atoms with Crippen molar-refractivity contribution in [3.8, 4) is 0 Å². The first-order chi connectivity index (χ1) is 8.65. The molecule has 1 aromatic heterocycles. The molecule has 0 saturated heterocycles. The summed E-state index contributed by atoms with van der Waals surface area (Å²) in [5.74, 6) is -0.526. The van der Waals surface area contributed by atoms with Crippen molar-refractivity contribution in [2.45, 2.75) is 11.3 Å². The molecular formula is C9H14N4O3S2. The number of aromatic nitrogens is 2. The number of carbonyl (C=O) groups excluding carboxylic acids is 2. The Kier molecular flexibility index (Phi) is 6.44. The van der Waals surface area contributed by atoms with Crippen LogP contribution < -0.4 is 10.6 Å². The van der Waals surface area contributed by atoms with E-state index in [1.165, 1.54) is 30.2 Å². The fourth-order valence-electron chi connectivity index (χ4n) is 0.912. The third-order valence-electron chi connectivity index (χ3n) is 1.72. The highest BCUT2D eigenvalue weighted by atomic mass is 32.2. The van der Waals surface area contributed by atoms with Crippen molar-refractivity contribution in [3.63, 3.8) is 0 Å². The second-order valence-corrected chi connectivity index (χ2v) is 5.24. The van der Waals surface area contributed by atoms with E-state index in [9.17, 15) is 9.59 Å². The summed E-state index contributed by atoms with van der Waals surface area (Å²) < 4.78 is 5.11. The van der Waals surface area contributed by atoms with Crippen molar-refractivity contribution in [1.29, 1.82) is 0 Å². The number of hydrogen-bond acceptors (Lipinski definition) is 8. The number of esters is 1. The molecule has 2 N–H and O–H groups in total. The largest absolute Gasteiger partial charge is 0.468 e. The monoisotopic (exact) mass is 290 g/mol. The van der Waals surface area contributed by atoms with Crippen molar-refractivity contribution in [2.75, 3.05) is 31.3 Å². The van der Waals surface area contributed by atoms with E-state index in [1.807, 2.05) is 6.92 Å². The van der Waals surface area contributed by atoms with Crippen LogP contribution in [0.2, 0.25) is 0 Å². The Hall–Kier alpha value is -1.35. The first-order valence-corrected chi connectivity index (χ1v) is 6.99. The van der Waals surface area contributed by atoms with Gasteiger partial charge in [0, 0.05) is 6.54 Å². The highest BCUT2D eigenvalue weighted by molar-refractivity contribution is 8.01. The fourth-order valence-corrected chi connectivity index (χ4v) is 2.56. The molecule has 0 aliphatic rings. The van der Waals surface area contributed by atoms with Gasteiger partial charge in [0.05, 0.1) is 12.9 Å². The van der Waals surface area contributed by atoms with E-state index >= 15 is 0 Å². The minimum atomic E-state index is -0.473.